The van der Waals surface area contributed by atoms with Crippen molar-refractivity contribution in [1.29, 1.82) is 0 Å². The van der Waals surface area contributed by atoms with Crippen LogP contribution in [0.2, 0.25) is 10.0 Å². The number of hydrogen-bond donors (Lipinski definition) is 1. The molecule has 0 atom stereocenters. The van der Waals surface area contributed by atoms with Gasteiger partial charge in [-0.3, -0.25) is 9.52 Å². The molecule has 1 fully saturated rings. The molecule has 1 heterocycles. The maximum atomic E-state index is 12.7. The first kappa shape index (κ1) is 19.7. The lowest BCUT2D eigenvalue weighted by Crippen LogP contribution is -2.36. The van der Waals surface area contributed by atoms with Gasteiger partial charge in [0.05, 0.1) is 5.02 Å². The molecule has 1 aliphatic rings. The fraction of sp³-hybridized carbons (Fsp3) is 0.211. The lowest BCUT2D eigenvalue weighted by Gasteiger charge is -2.28. The van der Waals surface area contributed by atoms with E-state index in [1.54, 1.807) is 29.2 Å². The van der Waals surface area contributed by atoms with Crippen LogP contribution in [0.5, 0.6) is 0 Å². The lowest BCUT2D eigenvalue weighted by atomic mass is 10.0. The first-order chi connectivity index (χ1) is 12.8. The van der Waals surface area contributed by atoms with E-state index in [1.807, 2.05) is 0 Å². The predicted molar refractivity (Wildman–Crippen MR) is 108 cm³/mol. The average molecular weight is 425 g/mol. The Morgan fingerprint density at radius 2 is 1.67 bits per heavy atom. The van der Waals surface area contributed by atoms with E-state index in [0.717, 1.165) is 18.4 Å². The number of anilines is 1. The summed E-state index contributed by atoms with van der Waals surface area (Å²) in [6.45, 7) is 5.08. The predicted octanol–water partition coefficient (Wildman–Crippen LogP) is 4.59. The summed E-state index contributed by atoms with van der Waals surface area (Å²) >= 11 is 11.9. The van der Waals surface area contributed by atoms with Crippen molar-refractivity contribution in [1.82, 2.24) is 4.90 Å². The van der Waals surface area contributed by atoms with Crippen molar-refractivity contribution in [3.63, 3.8) is 0 Å². The van der Waals surface area contributed by atoms with E-state index in [9.17, 15) is 13.2 Å². The zero-order chi connectivity index (χ0) is 19.6. The summed E-state index contributed by atoms with van der Waals surface area (Å²) in [6, 6.07) is 10.5. The average Bonchev–Trinajstić information content (AvgIpc) is 2.64. The molecule has 1 amide bonds. The third-order valence-electron chi connectivity index (χ3n) is 4.32. The third kappa shape index (κ3) is 4.64. The van der Waals surface area contributed by atoms with Crippen molar-refractivity contribution in [3.8, 4) is 0 Å². The van der Waals surface area contributed by atoms with E-state index in [0.29, 0.717) is 23.8 Å². The fourth-order valence-electron chi connectivity index (χ4n) is 2.78. The summed E-state index contributed by atoms with van der Waals surface area (Å²) in [7, 11) is -3.96. The number of halogens is 2. The van der Waals surface area contributed by atoms with Gasteiger partial charge in [0.2, 0.25) is 0 Å². The highest BCUT2D eigenvalue weighted by atomic mass is 35.5. The summed E-state index contributed by atoms with van der Waals surface area (Å²) in [4.78, 5) is 14.3. The second kappa shape index (κ2) is 7.92. The Kier molecular flexibility index (Phi) is 5.79. The maximum absolute atomic E-state index is 12.7. The topological polar surface area (TPSA) is 66.5 Å². The number of nitrogens with zero attached hydrogens (tertiary/aromatic N) is 1. The van der Waals surface area contributed by atoms with Gasteiger partial charge < -0.3 is 4.90 Å². The van der Waals surface area contributed by atoms with E-state index in [2.05, 4.69) is 11.3 Å². The molecule has 27 heavy (non-hydrogen) atoms. The molecule has 1 aliphatic heterocycles. The largest absolute Gasteiger partial charge is 0.338 e. The summed E-state index contributed by atoms with van der Waals surface area (Å²) in [5.74, 6) is -0.220. The van der Waals surface area contributed by atoms with Crippen LogP contribution in [0.4, 0.5) is 5.69 Å². The molecule has 0 aliphatic carbocycles. The highest BCUT2D eigenvalue weighted by Crippen LogP contribution is 2.27. The Morgan fingerprint density at radius 1 is 1.04 bits per heavy atom. The first-order valence-electron chi connectivity index (χ1n) is 8.30. The Hall–Kier alpha value is -2.02. The Morgan fingerprint density at radius 3 is 2.30 bits per heavy atom. The number of amides is 1. The van der Waals surface area contributed by atoms with E-state index in [1.165, 1.54) is 18.2 Å². The molecule has 142 valence electrons. The first-order valence-corrected chi connectivity index (χ1v) is 10.5. The number of rotatable bonds is 4. The molecule has 3 rings (SSSR count). The normalized spacial score (nSPS) is 14.9. The molecule has 0 spiro atoms. The maximum Gasteiger partial charge on any atom is 0.263 e. The Labute approximate surface area is 168 Å². The van der Waals surface area contributed by atoms with Gasteiger partial charge in [-0.05, 0) is 55.3 Å². The van der Waals surface area contributed by atoms with E-state index in [-0.39, 0.29) is 21.4 Å². The van der Waals surface area contributed by atoms with Crippen molar-refractivity contribution >= 4 is 44.8 Å². The van der Waals surface area contributed by atoms with Gasteiger partial charge in [-0.25, -0.2) is 8.42 Å². The number of nitrogens with one attached hydrogen (secondary N) is 1. The van der Waals surface area contributed by atoms with E-state index < -0.39 is 10.0 Å². The molecule has 8 heteroatoms. The minimum Gasteiger partial charge on any atom is -0.338 e. The van der Waals surface area contributed by atoms with Gasteiger partial charge in [0.25, 0.3) is 15.9 Å². The molecular formula is C19H18Cl2N2O3S. The van der Waals surface area contributed by atoms with Gasteiger partial charge >= 0.3 is 0 Å². The highest BCUT2D eigenvalue weighted by molar-refractivity contribution is 7.92. The van der Waals surface area contributed by atoms with Crippen LogP contribution in [0.15, 0.2) is 59.5 Å². The molecule has 0 bridgehead atoms. The highest BCUT2D eigenvalue weighted by Gasteiger charge is 2.24. The van der Waals surface area contributed by atoms with Gasteiger partial charge in [0.15, 0.2) is 0 Å². The van der Waals surface area contributed by atoms with Crippen LogP contribution in [0.25, 0.3) is 0 Å². The minimum absolute atomic E-state index is 0.0417. The van der Waals surface area contributed by atoms with Crippen molar-refractivity contribution in [2.24, 2.45) is 0 Å². The van der Waals surface area contributed by atoms with Crippen molar-refractivity contribution in [2.45, 2.75) is 17.7 Å². The van der Waals surface area contributed by atoms with E-state index in [4.69, 9.17) is 23.2 Å². The van der Waals surface area contributed by atoms with Crippen molar-refractivity contribution in [2.75, 3.05) is 17.8 Å². The van der Waals surface area contributed by atoms with Crippen molar-refractivity contribution in [3.05, 3.63) is 70.2 Å². The van der Waals surface area contributed by atoms with E-state index >= 15 is 0 Å². The quantitative estimate of drug-likeness (QED) is 0.729. The molecule has 2 aromatic carbocycles. The second-order valence-corrected chi connectivity index (χ2v) is 8.79. The smallest absolute Gasteiger partial charge is 0.263 e. The summed E-state index contributed by atoms with van der Waals surface area (Å²) < 4.78 is 27.9. The van der Waals surface area contributed by atoms with Crippen LogP contribution in [0.3, 0.4) is 0 Å². The molecule has 5 nitrogen and oxygen atoms in total. The van der Waals surface area contributed by atoms with Crippen LogP contribution in [-0.2, 0) is 10.0 Å². The Bertz CT molecular complexity index is 979. The molecule has 2 aromatic rings. The minimum atomic E-state index is -3.96. The SMILES string of the molecule is C=C1CCN(C(=O)c2ccc(Cl)c(S(=O)(=O)Nc3ccc(Cl)cc3)c2)CC1. The second-order valence-electron chi connectivity index (χ2n) is 6.30. The van der Waals surface area contributed by atoms with Gasteiger partial charge in [-0.15, -0.1) is 0 Å². The van der Waals surface area contributed by atoms with Crippen LogP contribution in [-0.4, -0.2) is 32.3 Å². The summed E-state index contributed by atoms with van der Waals surface area (Å²) in [6.07, 6.45) is 1.51. The monoisotopic (exact) mass is 424 g/mol. The zero-order valence-corrected chi connectivity index (χ0v) is 16.7. The fourth-order valence-corrected chi connectivity index (χ4v) is 4.49. The zero-order valence-electron chi connectivity index (χ0n) is 14.4. The third-order valence-corrected chi connectivity index (χ3v) is 6.44. The Balaban J connectivity index is 1.87. The number of piperidine rings is 1. The van der Waals surface area contributed by atoms with Gasteiger partial charge in [0.1, 0.15) is 4.90 Å². The molecule has 0 unspecified atom stereocenters. The number of hydrogen-bond acceptors (Lipinski definition) is 3. The van der Waals surface area contributed by atoms with Crippen LogP contribution in [0, 0.1) is 0 Å². The number of benzene rings is 2. The molecule has 0 saturated carbocycles. The van der Waals surface area contributed by atoms with Crippen LogP contribution >= 0.6 is 23.2 Å². The number of carbonyl (C=O) groups is 1. The van der Waals surface area contributed by atoms with Crippen molar-refractivity contribution < 1.29 is 13.2 Å². The number of sulfonamides is 1. The standard InChI is InChI=1S/C19H18Cl2N2O3S/c1-13-8-10-23(11-9-13)19(24)14-2-7-17(21)18(12-14)27(25,26)22-16-5-3-15(20)4-6-16/h2-7,12,22H,1,8-11H2. The van der Waals surface area contributed by atoms with Gasteiger partial charge in [-0.1, -0.05) is 35.4 Å². The van der Waals surface area contributed by atoms with Crippen LogP contribution < -0.4 is 4.72 Å². The number of likely N-dealkylation sites (tertiary alicyclic amines) is 1. The van der Waals surface area contributed by atoms with Gasteiger partial charge in [-0.2, -0.15) is 0 Å². The summed E-state index contributed by atoms with van der Waals surface area (Å²) in [5.41, 5.74) is 1.75. The lowest BCUT2D eigenvalue weighted by molar-refractivity contribution is 0.0743. The van der Waals surface area contributed by atoms with Crippen LogP contribution in [0.1, 0.15) is 23.2 Å². The summed E-state index contributed by atoms with van der Waals surface area (Å²) in [5, 5.41) is 0.535. The molecular weight excluding hydrogens is 407 g/mol. The molecule has 0 aromatic heterocycles. The van der Waals surface area contributed by atoms with Gasteiger partial charge in [0, 0.05) is 29.4 Å². The number of carbonyl (C=O) groups excluding carboxylic acids is 1. The molecule has 0 radical (unpaired) electrons. The molecule has 1 saturated heterocycles. The molecule has 1 N–H and O–H groups in total.